The third-order valence-electron chi connectivity index (χ3n) is 5.42. The van der Waals surface area contributed by atoms with Crippen LogP contribution >= 0.6 is 0 Å². The van der Waals surface area contributed by atoms with Gasteiger partial charge in [0.2, 0.25) is 0 Å². The largest absolute Gasteiger partial charge is 0.491 e. The van der Waals surface area contributed by atoms with Gasteiger partial charge in [0.25, 0.3) is 11.8 Å². The number of nitrogens with one attached hydrogen (secondary N) is 1. The van der Waals surface area contributed by atoms with Crippen LogP contribution in [0.25, 0.3) is 0 Å². The number of carbonyl (C=O) groups is 2. The number of carbonyl (C=O) groups excluding carboxylic acids is 2. The van der Waals surface area contributed by atoms with Gasteiger partial charge in [0, 0.05) is 12.1 Å². The van der Waals surface area contributed by atoms with Gasteiger partial charge in [-0.1, -0.05) is 38.1 Å². The van der Waals surface area contributed by atoms with Crippen molar-refractivity contribution in [2.75, 3.05) is 0 Å². The molecule has 2 aromatic carbocycles. The van der Waals surface area contributed by atoms with Gasteiger partial charge in [-0.05, 0) is 68.5 Å². The highest BCUT2D eigenvalue weighted by Crippen LogP contribution is 2.29. The van der Waals surface area contributed by atoms with Crippen LogP contribution in [0, 0.1) is 5.92 Å². The molecular formula is C26H34N4O3. The van der Waals surface area contributed by atoms with Crippen molar-refractivity contribution in [2.45, 2.75) is 65.8 Å². The molecule has 1 atom stereocenters. The standard InChI is InChI=1S/C26H34N4O3/c1-17(2)14-26(5)24(32)30(25(27)29-26)16-20-8-6-7-19(13-20)15-28-23(31)21-9-11-22(12-10-21)33-18(3)4/h6-13,17-18H,14-16H2,1-5H3,(H2,27,29)(H,28,31). The second kappa shape index (κ2) is 10.1. The van der Waals surface area contributed by atoms with E-state index in [2.05, 4.69) is 24.2 Å². The van der Waals surface area contributed by atoms with E-state index in [-0.39, 0.29) is 23.9 Å². The summed E-state index contributed by atoms with van der Waals surface area (Å²) in [6.07, 6.45) is 0.734. The Kier molecular flexibility index (Phi) is 7.41. The molecule has 176 valence electrons. The van der Waals surface area contributed by atoms with Crippen molar-refractivity contribution in [3.05, 3.63) is 65.2 Å². The molecule has 3 N–H and O–H groups in total. The predicted octanol–water partition coefficient (Wildman–Crippen LogP) is 3.87. The summed E-state index contributed by atoms with van der Waals surface area (Å²) in [7, 11) is 0. The lowest BCUT2D eigenvalue weighted by molar-refractivity contribution is -0.131. The summed E-state index contributed by atoms with van der Waals surface area (Å²) in [4.78, 5) is 31.5. The highest BCUT2D eigenvalue weighted by atomic mass is 16.5. The Hall–Kier alpha value is -3.35. The first-order valence-electron chi connectivity index (χ1n) is 11.4. The third-order valence-corrected chi connectivity index (χ3v) is 5.42. The van der Waals surface area contributed by atoms with Crippen LogP contribution in [0.15, 0.2) is 53.5 Å². The number of nitrogens with zero attached hydrogens (tertiary/aromatic N) is 2. The molecule has 0 bridgehead atoms. The maximum atomic E-state index is 13.0. The van der Waals surface area contributed by atoms with E-state index >= 15 is 0 Å². The van der Waals surface area contributed by atoms with E-state index in [1.54, 1.807) is 29.2 Å². The Morgan fingerprint density at radius 1 is 1.12 bits per heavy atom. The van der Waals surface area contributed by atoms with Gasteiger partial charge in [-0.15, -0.1) is 0 Å². The Morgan fingerprint density at radius 3 is 2.42 bits per heavy atom. The number of hydrogen-bond donors (Lipinski definition) is 2. The molecule has 1 aliphatic heterocycles. The number of ether oxygens (including phenoxy) is 1. The molecule has 7 heteroatoms. The molecular weight excluding hydrogens is 416 g/mol. The normalized spacial score (nSPS) is 18.1. The molecule has 0 aromatic heterocycles. The number of hydrogen-bond acceptors (Lipinski definition) is 5. The average molecular weight is 451 g/mol. The van der Waals surface area contributed by atoms with Gasteiger partial charge in [-0.3, -0.25) is 14.5 Å². The van der Waals surface area contributed by atoms with Crippen molar-refractivity contribution in [3.63, 3.8) is 0 Å². The van der Waals surface area contributed by atoms with Crippen LogP contribution in [0.2, 0.25) is 0 Å². The SMILES string of the molecule is CC(C)CC1(C)N=C(N)N(Cc2cccc(CNC(=O)c3ccc(OC(C)C)cc3)c2)C1=O. The number of nitrogens with two attached hydrogens (primary N) is 1. The minimum atomic E-state index is -0.806. The Morgan fingerprint density at radius 2 is 1.79 bits per heavy atom. The molecule has 0 spiro atoms. The molecule has 0 aliphatic carbocycles. The fraction of sp³-hybridized carbons (Fsp3) is 0.423. The smallest absolute Gasteiger partial charge is 0.257 e. The molecule has 1 heterocycles. The van der Waals surface area contributed by atoms with Gasteiger partial charge in [-0.2, -0.15) is 0 Å². The molecule has 3 rings (SSSR count). The van der Waals surface area contributed by atoms with Gasteiger partial charge < -0.3 is 15.8 Å². The maximum Gasteiger partial charge on any atom is 0.257 e. The maximum absolute atomic E-state index is 13.0. The number of aliphatic imine (C=N–C) groups is 1. The lowest BCUT2D eigenvalue weighted by Crippen LogP contribution is -2.43. The summed E-state index contributed by atoms with van der Waals surface area (Å²) in [5.41, 5.74) is 7.72. The van der Waals surface area contributed by atoms with Crippen molar-refractivity contribution in [2.24, 2.45) is 16.6 Å². The number of guanidine groups is 1. The molecule has 7 nitrogen and oxygen atoms in total. The number of rotatable bonds is 9. The first kappa shape index (κ1) is 24.3. The summed E-state index contributed by atoms with van der Waals surface area (Å²) in [6, 6.07) is 14.8. The van der Waals surface area contributed by atoms with E-state index < -0.39 is 5.54 Å². The summed E-state index contributed by atoms with van der Waals surface area (Å²) >= 11 is 0. The molecule has 0 fully saturated rings. The Balaban J connectivity index is 1.61. The van der Waals surface area contributed by atoms with Gasteiger partial charge in [0.15, 0.2) is 5.96 Å². The fourth-order valence-electron chi connectivity index (χ4n) is 4.10. The van der Waals surface area contributed by atoms with Crippen LogP contribution in [0.5, 0.6) is 5.75 Å². The first-order chi connectivity index (χ1) is 15.6. The number of benzene rings is 2. The molecule has 1 unspecified atom stereocenters. The zero-order chi connectivity index (χ0) is 24.2. The van der Waals surface area contributed by atoms with Crippen LogP contribution in [0.3, 0.4) is 0 Å². The summed E-state index contributed by atoms with van der Waals surface area (Å²) < 4.78 is 5.62. The topological polar surface area (TPSA) is 97.0 Å². The van der Waals surface area contributed by atoms with E-state index in [0.717, 1.165) is 16.9 Å². The summed E-state index contributed by atoms with van der Waals surface area (Å²) in [6.45, 7) is 10.6. The number of amides is 2. The van der Waals surface area contributed by atoms with Gasteiger partial charge in [0.1, 0.15) is 11.3 Å². The molecule has 1 aliphatic rings. The fourth-order valence-corrected chi connectivity index (χ4v) is 4.10. The van der Waals surface area contributed by atoms with E-state index in [9.17, 15) is 9.59 Å². The van der Waals surface area contributed by atoms with Gasteiger partial charge in [0.05, 0.1) is 12.6 Å². The van der Waals surface area contributed by atoms with Crippen molar-refractivity contribution >= 4 is 17.8 Å². The highest BCUT2D eigenvalue weighted by molar-refractivity contribution is 6.06. The third kappa shape index (κ3) is 6.12. The monoisotopic (exact) mass is 450 g/mol. The van der Waals surface area contributed by atoms with E-state index in [0.29, 0.717) is 31.0 Å². The van der Waals surface area contributed by atoms with Crippen LogP contribution in [-0.2, 0) is 17.9 Å². The van der Waals surface area contributed by atoms with Crippen molar-refractivity contribution < 1.29 is 14.3 Å². The van der Waals surface area contributed by atoms with Crippen LogP contribution in [-0.4, -0.2) is 34.3 Å². The quantitative estimate of drug-likeness (QED) is 0.606. The molecule has 2 amide bonds. The van der Waals surface area contributed by atoms with Gasteiger partial charge >= 0.3 is 0 Å². The minimum absolute atomic E-state index is 0.0719. The van der Waals surface area contributed by atoms with Crippen LogP contribution in [0.1, 0.15) is 62.5 Å². The van der Waals surface area contributed by atoms with Crippen LogP contribution in [0.4, 0.5) is 0 Å². The predicted molar refractivity (Wildman–Crippen MR) is 130 cm³/mol. The summed E-state index contributed by atoms with van der Waals surface area (Å²) in [5, 5.41) is 2.94. The van der Waals surface area contributed by atoms with E-state index in [4.69, 9.17) is 10.5 Å². The van der Waals surface area contributed by atoms with Gasteiger partial charge in [-0.25, -0.2) is 4.99 Å². The van der Waals surface area contributed by atoms with Crippen LogP contribution < -0.4 is 15.8 Å². The molecule has 33 heavy (non-hydrogen) atoms. The minimum Gasteiger partial charge on any atom is -0.491 e. The Labute approximate surface area is 196 Å². The average Bonchev–Trinajstić information content (AvgIpc) is 2.94. The van der Waals surface area contributed by atoms with E-state index in [1.165, 1.54) is 0 Å². The van der Waals surface area contributed by atoms with Crippen molar-refractivity contribution in [1.82, 2.24) is 10.2 Å². The van der Waals surface area contributed by atoms with E-state index in [1.807, 2.05) is 45.0 Å². The molecule has 2 aromatic rings. The lowest BCUT2D eigenvalue weighted by atomic mass is 9.91. The second-order valence-corrected chi connectivity index (χ2v) is 9.43. The highest BCUT2D eigenvalue weighted by Gasteiger charge is 2.43. The zero-order valence-corrected chi connectivity index (χ0v) is 20.1. The van der Waals surface area contributed by atoms with Crippen molar-refractivity contribution in [1.29, 1.82) is 0 Å². The lowest BCUT2D eigenvalue weighted by Gasteiger charge is -2.23. The molecule has 0 saturated carbocycles. The molecule has 0 saturated heterocycles. The summed E-state index contributed by atoms with van der Waals surface area (Å²) in [5.74, 6) is 1.09. The van der Waals surface area contributed by atoms with Crippen molar-refractivity contribution in [3.8, 4) is 5.75 Å². The first-order valence-corrected chi connectivity index (χ1v) is 11.4. The molecule has 0 radical (unpaired) electrons. The second-order valence-electron chi connectivity index (χ2n) is 9.43. The zero-order valence-electron chi connectivity index (χ0n) is 20.1. The Bertz CT molecular complexity index is 1030.